The molecule has 0 saturated carbocycles. The number of hydrogen-bond acceptors (Lipinski definition) is 15. The predicted molar refractivity (Wildman–Crippen MR) is 249 cm³/mol. The smallest absolute Gasteiger partial charge is 0.338 e. The molecule has 10 rings (SSSR count). The van der Waals surface area contributed by atoms with E-state index in [9.17, 15) is 20.1 Å². The first-order valence-electron chi connectivity index (χ1n) is 22.4. The van der Waals surface area contributed by atoms with Crippen molar-refractivity contribution >= 4 is 52.9 Å². The number of hydrogen-bond donors (Lipinski definition) is 3. The summed E-state index contributed by atoms with van der Waals surface area (Å²) in [5.41, 5.74) is 0.625. The second-order valence-corrected chi connectivity index (χ2v) is 17.7. The summed E-state index contributed by atoms with van der Waals surface area (Å²) in [5, 5.41) is 32.3. The molecule has 4 saturated heterocycles. The Labute approximate surface area is 395 Å². The predicted octanol–water partition coefficient (Wildman–Crippen LogP) is 5.08. The molecule has 4 aliphatic heterocycles. The minimum absolute atomic E-state index is 0.0428. The van der Waals surface area contributed by atoms with Crippen molar-refractivity contribution in [3.05, 3.63) is 132 Å². The van der Waals surface area contributed by atoms with Crippen LogP contribution in [-0.2, 0) is 27.5 Å². The average Bonchev–Trinajstić information content (AvgIpc) is 3.69. The Balaban J connectivity index is 1.10. The zero-order chi connectivity index (χ0) is 48.2. The highest BCUT2D eigenvalue weighted by atomic mass is 16.4. The van der Waals surface area contributed by atoms with Gasteiger partial charge in [-0.15, -0.1) is 0 Å². The molecule has 0 aliphatic carbocycles. The number of aromatic nitrogens is 6. The number of carboxylic acid groups (broad SMARTS) is 1. The number of urea groups is 2. The molecule has 6 aromatic rings. The minimum Gasteiger partial charge on any atom is -0.493 e. The molecule has 0 radical (unpaired) electrons. The lowest BCUT2D eigenvalue weighted by atomic mass is 9.76. The highest BCUT2D eigenvalue weighted by molar-refractivity contribution is 6.36. The zero-order valence-electron chi connectivity index (χ0n) is 37.6. The van der Waals surface area contributed by atoms with E-state index in [1.54, 1.807) is 36.7 Å². The van der Waals surface area contributed by atoms with Crippen LogP contribution in [0.15, 0.2) is 110 Å². The minimum atomic E-state index is -2.14. The van der Waals surface area contributed by atoms with Gasteiger partial charge in [0, 0.05) is 63.8 Å². The van der Waals surface area contributed by atoms with Crippen LogP contribution in [0.1, 0.15) is 41.8 Å². The number of nitrogens with zero attached hydrogens (tertiary/aromatic N) is 12. The van der Waals surface area contributed by atoms with Gasteiger partial charge in [-0.25, -0.2) is 39.3 Å². The third-order valence-corrected chi connectivity index (χ3v) is 13.9. The average molecular weight is 931 g/mol. The second-order valence-electron chi connectivity index (χ2n) is 17.7. The summed E-state index contributed by atoms with van der Waals surface area (Å²) in [6.45, 7) is 5.29. The number of likely N-dealkylation sites (tertiary alicyclic amines) is 2. The van der Waals surface area contributed by atoms with Crippen molar-refractivity contribution in [2.24, 2.45) is 5.92 Å². The Bertz CT molecular complexity index is 3040. The molecule has 20 heteroatoms. The first-order chi connectivity index (χ1) is 33.3. The van der Waals surface area contributed by atoms with Crippen LogP contribution in [0.25, 0.3) is 11.1 Å². The van der Waals surface area contributed by atoms with Crippen LogP contribution < -0.4 is 19.6 Å². The van der Waals surface area contributed by atoms with Crippen LogP contribution in [0.4, 0.5) is 32.6 Å². The number of piperidine rings is 2. The van der Waals surface area contributed by atoms with Gasteiger partial charge in [0.2, 0.25) is 11.8 Å². The van der Waals surface area contributed by atoms with Gasteiger partial charge >= 0.3 is 18.0 Å². The van der Waals surface area contributed by atoms with Crippen molar-refractivity contribution < 1.29 is 39.3 Å². The van der Waals surface area contributed by atoms with E-state index in [0.29, 0.717) is 36.5 Å². The number of anilines is 4. The van der Waals surface area contributed by atoms with Crippen molar-refractivity contribution in [3.63, 3.8) is 0 Å². The molecular formula is C49H46N12O8. The van der Waals surface area contributed by atoms with Gasteiger partial charge in [-0.05, 0) is 79.6 Å². The van der Waals surface area contributed by atoms with Gasteiger partial charge in [-0.3, -0.25) is 44.0 Å². The van der Waals surface area contributed by atoms with Crippen LogP contribution in [-0.4, -0.2) is 122 Å². The van der Waals surface area contributed by atoms with Gasteiger partial charge < -0.3 is 15.3 Å². The summed E-state index contributed by atoms with van der Waals surface area (Å²) in [5.74, 6) is -5.79. The lowest BCUT2D eigenvalue weighted by Gasteiger charge is -2.45. The fourth-order valence-electron chi connectivity index (χ4n) is 10.2. The fraction of sp³-hybridized carbons (Fsp3) is 0.286. The molecule has 4 fully saturated rings. The lowest BCUT2D eigenvalue weighted by Crippen LogP contribution is -2.65. The Morgan fingerprint density at radius 2 is 1.17 bits per heavy atom. The Morgan fingerprint density at radius 3 is 1.77 bits per heavy atom. The molecule has 3 N–H and O–H groups in total. The maximum absolute atomic E-state index is 15.8. The van der Waals surface area contributed by atoms with E-state index in [2.05, 4.69) is 34.8 Å². The highest BCUT2D eigenvalue weighted by Gasteiger charge is 2.67. The lowest BCUT2D eigenvalue weighted by molar-refractivity contribution is -0.150. The molecule has 4 aliphatic rings. The maximum atomic E-state index is 15.8. The standard InChI is InChI=1S/C49H46N12O8/c1-30-8-6-17-50-35(30)26-56-19-14-48(15-20-56)44(66)58(46(68)60(48)39-23-41(62)54-28-52-39)37-13-12-33(32-10-4-3-5-11-32)22-38(37)59-45(67)49(61(47(59)69)40-24-42(63)55-29-53-40)16-21-57(25-34(49)43(64)65)27-36-31(2)9-7-18-51-36/h3-13,17-18,22-24,28-29,34H,14-16,19-21,25-27H2,1-2H3,(H,64,65)(H,52,54,62)(H,53,55,63). The molecule has 2 atom stereocenters. The normalized spacial score (nSPS) is 20.8. The Hall–Kier alpha value is -8.23. The van der Waals surface area contributed by atoms with Crippen molar-refractivity contribution in [3.8, 4) is 22.9 Å². The van der Waals surface area contributed by atoms with Gasteiger partial charge in [0.1, 0.15) is 41.3 Å². The first-order valence-corrected chi connectivity index (χ1v) is 22.4. The highest BCUT2D eigenvalue weighted by Crippen LogP contribution is 2.50. The summed E-state index contributed by atoms with van der Waals surface area (Å²) in [7, 11) is 0. The topological polar surface area (TPSA) is 243 Å². The van der Waals surface area contributed by atoms with E-state index >= 15 is 19.2 Å². The number of carboxylic acids is 1. The van der Waals surface area contributed by atoms with Crippen LogP contribution >= 0.6 is 0 Å². The summed E-state index contributed by atoms with van der Waals surface area (Å²) < 4.78 is 0. The molecule has 6 amide bonds. The number of carbonyl (C=O) groups excluding carboxylic acids is 4. The molecule has 69 heavy (non-hydrogen) atoms. The molecule has 2 unspecified atom stereocenters. The van der Waals surface area contributed by atoms with Gasteiger partial charge in [0.15, 0.2) is 0 Å². The number of imide groups is 2. The number of carbonyl (C=O) groups is 5. The number of aliphatic carboxylic acids is 1. The van der Waals surface area contributed by atoms with Gasteiger partial charge in [0.25, 0.3) is 11.8 Å². The maximum Gasteiger partial charge on any atom is 0.338 e. The molecule has 2 spiro atoms. The summed E-state index contributed by atoms with van der Waals surface area (Å²) in [4.78, 5) is 109. The molecule has 4 aromatic heterocycles. The molecule has 8 heterocycles. The number of aryl methyl sites for hydroxylation is 2. The number of benzene rings is 2. The third-order valence-electron chi connectivity index (χ3n) is 13.9. The number of rotatable bonds is 10. The molecular weight excluding hydrogens is 885 g/mol. The largest absolute Gasteiger partial charge is 0.493 e. The summed E-state index contributed by atoms with van der Waals surface area (Å²) in [6, 6.07) is 21.6. The van der Waals surface area contributed by atoms with Gasteiger partial charge in [-0.2, -0.15) is 0 Å². The van der Waals surface area contributed by atoms with Gasteiger partial charge in [-0.1, -0.05) is 48.5 Å². The zero-order valence-corrected chi connectivity index (χ0v) is 37.6. The van der Waals surface area contributed by atoms with Crippen LogP contribution in [0.3, 0.4) is 0 Å². The van der Waals surface area contributed by atoms with Gasteiger partial charge in [0.05, 0.1) is 22.8 Å². The van der Waals surface area contributed by atoms with Crippen LogP contribution in [0, 0.1) is 19.8 Å². The summed E-state index contributed by atoms with van der Waals surface area (Å²) in [6.07, 6.45) is 5.52. The Kier molecular flexibility index (Phi) is 11.3. The van der Waals surface area contributed by atoms with Crippen molar-refractivity contribution in [1.29, 1.82) is 0 Å². The number of pyridine rings is 2. The van der Waals surface area contributed by atoms with E-state index in [1.165, 1.54) is 23.1 Å². The van der Waals surface area contributed by atoms with E-state index in [0.717, 1.165) is 50.2 Å². The van der Waals surface area contributed by atoms with E-state index in [4.69, 9.17) is 0 Å². The fourth-order valence-corrected chi connectivity index (χ4v) is 10.2. The molecule has 0 bridgehead atoms. The molecule has 20 nitrogen and oxygen atoms in total. The summed E-state index contributed by atoms with van der Waals surface area (Å²) >= 11 is 0. The second kappa shape index (κ2) is 17.4. The quantitative estimate of drug-likeness (QED) is 0.152. The van der Waals surface area contributed by atoms with E-state index < -0.39 is 58.6 Å². The van der Waals surface area contributed by atoms with E-state index in [1.807, 2.05) is 55.1 Å². The van der Waals surface area contributed by atoms with Crippen LogP contribution in [0.2, 0.25) is 0 Å². The van der Waals surface area contributed by atoms with Crippen molar-refractivity contribution in [2.75, 3.05) is 45.8 Å². The SMILES string of the molecule is Cc1cccnc1CN1CCC2(CC1)C(=O)N(c1ccc(-c3ccccc3)cc1N1C(=O)N(c3cc(O)ncn3)C3(CCN(Cc4ncccc4C)CC3C(=O)O)C1=O)C(=O)N2c1cc(O)ncn1. The first kappa shape index (κ1) is 44.6. The van der Waals surface area contributed by atoms with Crippen molar-refractivity contribution in [1.82, 2.24) is 39.7 Å². The Morgan fingerprint density at radius 1 is 0.609 bits per heavy atom. The molecule has 2 aromatic carbocycles. The number of amides is 6. The third kappa shape index (κ3) is 7.53. The van der Waals surface area contributed by atoms with E-state index in [-0.39, 0.29) is 61.9 Å². The monoisotopic (exact) mass is 930 g/mol. The van der Waals surface area contributed by atoms with Crippen LogP contribution in [0.5, 0.6) is 11.8 Å². The molecule has 350 valence electrons. The number of aromatic hydroxyl groups is 2. The van der Waals surface area contributed by atoms with Crippen molar-refractivity contribution in [2.45, 2.75) is 57.3 Å².